The molecular formula is C24H18Cl2N2O2. The van der Waals surface area contributed by atoms with E-state index in [0.29, 0.717) is 33.7 Å². The van der Waals surface area contributed by atoms with Crippen LogP contribution >= 0.6 is 23.2 Å². The third kappa shape index (κ3) is 5.87. The Morgan fingerprint density at radius 2 is 1.83 bits per heavy atom. The Kier molecular flexibility index (Phi) is 7.13. The smallest absolute Gasteiger partial charge is 0.266 e. The molecule has 0 fully saturated rings. The zero-order valence-corrected chi connectivity index (χ0v) is 17.7. The van der Waals surface area contributed by atoms with Crippen molar-refractivity contribution in [1.82, 2.24) is 0 Å². The molecule has 0 aliphatic rings. The summed E-state index contributed by atoms with van der Waals surface area (Å²) in [5, 5.41) is 13.3. The molecule has 0 radical (unpaired) electrons. The van der Waals surface area contributed by atoms with Crippen molar-refractivity contribution in [2.24, 2.45) is 0 Å². The Hall–Kier alpha value is -3.26. The summed E-state index contributed by atoms with van der Waals surface area (Å²) in [5.74, 6) is 0.111. The Balaban J connectivity index is 1.73. The largest absolute Gasteiger partial charge is 0.489 e. The maximum atomic E-state index is 12.6. The number of carbonyl (C=O) groups excluding carboxylic acids is 1. The lowest BCUT2D eigenvalue weighted by Gasteiger charge is -2.09. The van der Waals surface area contributed by atoms with E-state index in [1.807, 2.05) is 37.3 Å². The van der Waals surface area contributed by atoms with Gasteiger partial charge in [-0.05, 0) is 66.1 Å². The van der Waals surface area contributed by atoms with Crippen molar-refractivity contribution in [3.8, 4) is 11.8 Å². The predicted molar refractivity (Wildman–Crippen MR) is 121 cm³/mol. The normalized spacial score (nSPS) is 10.9. The number of rotatable bonds is 6. The summed E-state index contributed by atoms with van der Waals surface area (Å²) in [6, 6.07) is 21.7. The maximum Gasteiger partial charge on any atom is 0.266 e. The van der Waals surface area contributed by atoms with Crippen LogP contribution in [0.15, 0.2) is 72.3 Å². The lowest BCUT2D eigenvalue weighted by Crippen LogP contribution is -2.14. The van der Waals surface area contributed by atoms with Gasteiger partial charge >= 0.3 is 0 Å². The lowest BCUT2D eigenvalue weighted by atomic mass is 10.1. The molecule has 3 aromatic rings. The minimum Gasteiger partial charge on any atom is -0.489 e. The minimum absolute atomic E-state index is 0.0265. The molecule has 0 aromatic heterocycles. The van der Waals surface area contributed by atoms with Crippen LogP contribution in [0.2, 0.25) is 10.0 Å². The third-order valence-electron chi connectivity index (χ3n) is 4.28. The van der Waals surface area contributed by atoms with Crippen molar-refractivity contribution in [2.75, 3.05) is 5.32 Å². The van der Waals surface area contributed by atoms with Gasteiger partial charge in [0.2, 0.25) is 0 Å². The number of nitrogens with one attached hydrogen (secondary N) is 1. The number of amides is 1. The molecule has 1 amide bonds. The molecule has 4 nitrogen and oxygen atoms in total. The molecule has 0 aliphatic heterocycles. The molecule has 30 heavy (non-hydrogen) atoms. The topological polar surface area (TPSA) is 62.1 Å². The Morgan fingerprint density at radius 1 is 1.07 bits per heavy atom. The number of carbonyl (C=O) groups is 1. The fraction of sp³-hybridized carbons (Fsp3) is 0.0833. The van der Waals surface area contributed by atoms with E-state index in [1.165, 1.54) is 6.08 Å². The summed E-state index contributed by atoms with van der Waals surface area (Å²) in [6.45, 7) is 2.20. The van der Waals surface area contributed by atoms with Crippen molar-refractivity contribution < 1.29 is 9.53 Å². The van der Waals surface area contributed by atoms with Gasteiger partial charge in [-0.3, -0.25) is 4.79 Å². The van der Waals surface area contributed by atoms with E-state index in [9.17, 15) is 10.1 Å². The number of nitrogens with zero attached hydrogens (tertiary/aromatic N) is 1. The summed E-state index contributed by atoms with van der Waals surface area (Å²) >= 11 is 12.0. The number of benzene rings is 3. The van der Waals surface area contributed by atoms with Crippen LogP contribution in [0.25, 0.3) is 6.08 Å². The maximum absolute atomic E-state index is 12.6. The molecule has 150 valence electrons. The van der Waals surface area contributed by atoms with Crippen LogP contribution in [-0.2, 0) is 11.4 Å². The second-order valence-electron chi connectivity index (χ2n) is 6.57. The zero-order valence-electron chi connectivity index (χ0n) is 16.2. The second kappa shape index (κ2) is 9.98. The van der Waals surface area contributed by atoms with E-state index in [1.54, 1.807) is 42.5 Å². The predicted octanol–water partition coefficient (Wildman–Crippen LogP) is 6.43. The van der Waals surface area contributed by atoms with Gasteiger partial charge in [-0.1, -0.05) is 53.5 Å². The van der Waals surface area contributed by atoms with E-state index in [2.05, 4.69) is 5.32 Å². The average Bonchev–Trinajstić information content (AvgIpc) is 2.73. The van der Waals surface area contributed by atoms with Crippen molar-refractivity contribution in [3.05, 3.63) is 99.0 Å². The first-order chi connectivity index (χ1) is 14.4. The number of hydrogen-bond donors (Lipinski definition) is 1. The summed E-state index contributed by atoms with van der Waals surface area (Å²) < 4.78 is 5.80. The fourth-order valence-electron chi connectivity index (χ4n) is 2.72. The van der Waals surface area contributed by atoms with Gasteiger partial charge in [-0.15, -0.1) is 0 Å². The summed E-state index contributed by atoms with van der Waals surface area (Å²) in [7, 11) is 0. The summed E-state index contributed by atoms with van der Waals surface area (Å²) in [4.78, 5) is 12.6. The van der Waals surface area contributed by atoms with Gasteiger partial charge in [-0.25, -0.2) is 0 Å². The summed E-state index contributed by atoms with van der Waals surface area (Å²) in [6.07, 6.45) is 1.52. The van der Waals surface area contributed by atoms with Crippen molar-refractivity contribution in [2.45, 2.75) is 13.5 Å². The average molecular weight is 437 g/mol. The summed E-state index contributed by atoms with van der Waals surface area (Å²) in [5.41, 5.74) is 3.00. The SMILES string of the molecule is Cc1ccc(Cl)cc1NC(=O)/C(C#N)=C\c1cccc(OCc2cccc(Cl)c2)c1. The lowest BCUT2D eigenvalue weighted by molar-refractivity contribution is -0.112. The van der Waals surface area contributed by atoms with Crippen LogP contribution < -0.4 is 10.1 Å². The molecule has 0 spiro atoms. The first-order valence-corrected chi connectivity index (χ1v) is 9.87. The number of aryl methyl sites for hydroxylation is 1. The van der Waals surface area contributed by atoms with E-state index in [0.717, 1.165) is 11.1 Å². The highest BCUT2D eigenvalue weighted by Crippen LogP contribution is 2.22. The highest BCUT2D eigenvalue weighted by molar-refractivity contribution is 6.31. The van der Waals surface area contributed by atoms with E-state index in [-0.39, 0.29) is 5.57 Å². The zero-order chi connectivity index (χ0) is 21.5. The number of anilines is 1. The van der Waals surface area contributed by atoms with Gasteiger partial charge < -0.3 is 10.1 Å². The van der Waals surface area contributed by atoms with Gasteiger partial charge in [0.1, 0.15) is 24.0 Å². The van der Waals surface area contributed by atoms with Crippen LogP contribution in [0.1, 0.15) is 16.7 Å². The van der Waals surface area contributed by atoms with Crippen LogP contribution in [0.3, 0.4) is 0 Å². The van der Waals surface area contributed by atoms with Gasteiger partial charge in [0.15, 0.2) is 0 Å². The van der Waals surface area contributed by atoms with Gasteiger partial charge in [-0.2, -0.15) is 5.26 Å². The minimum atomic E-state index is -0.506. The van der Waals surface area contributed by atoms with E-state index in [4.69, 9.17) is 27.9 Å². The molecule has 3 aromatic carbocycles. The van der Waals surface area contributed by atoms with Crippen LogP contribution in [-0.4, -0.2) is 5.91 Å². The Labute approximate surface area is 185 Å². The Morgan fingerprint density at radius 3 is 2.60 bits per heavy atom. The van der Waals surface area contributed by atoms with Crippen LogP contribution in [0.4, 0.5) is 5.69 Å². The second-order valence-corrected chi connectivity index (χ2v) is 7.45. The van der Waals surface area contributed by atoms with E-state index >= 15 is 0 Å². The van der Waals surface area contributed by atoms with Crippen LogP contribution in [0.5, 0.6) is 5.75 Å². The molecule has 0 bridgehead atoms. The van der Waals surface area contributed by atoms with Crippen molar-refractivity contribution in [1.29, 1.82) is 5.26 Å². The quantitative estimate of drug-likeness (QED) is 0.357. The van der Waals surface area contributed by atoms with Gasteiger partial charge in [0.05, 0.1) is 0 Å². The highest BCUT2D eigenvalue weighted by Gasteiger charge is 2.11. The molecule has 1 N–H and O–H groups in total. The highest BCUT2D eigenvalue weighted by atomic mass is 35.5. The molecule has 0 unspecified atom stereocenters. The number of ether oxygens (including phenoxy) is 1. The van der Waals surface area contributed by atoms with Crippen molar-refractivity contribution >= 4 is 40.9 Å². The molecule has 0 aliphatic carbocycles. The number of nitriles is 1. The van der Waals surface area contributed by atoms with Gasteiger partial charge in [0.25, 0.3) is 5.91 Å². The Bertz CT molecular complexity index is 1150. The van der Waals surface area contributed by atoms with Gasteiger partial charge in [0, 0.05) is 15.7 Å². The molecule has 0 saturated heterocycles. The molecule has 6 heteroatoms. The van der Waals surface area contributed by atoms with Crippen LogP contribution in [0, 0.1) is 18.3 Å². The molecule has 3 rings (SSSR count). The molecule has 0 heterocycles. The van der Waals surface area contributed by atoms with Crippen molar-refractivity contribution in [3.63, 3.8) is 0 Å². The molecule has 0 atom stereocenters. The third-order valence-corrected chi connectivity index (χ3v) is 4.75. The van der Waals surface area contributed by atoms with E-state index < -0.39 is 5.91 Å². The monoisotopic (exact) mass is 436 g/mol. The molecule has 0 saturated carbocycles. The molecular weight excluding hydrogens is 419 g/mol. The number of hydrogen-bond acceptors (Lipinski definition) is 3. The first-order valence-electron chi connectivity index (χ1n) is 9.11. The number of halogens is 2. The first kappa shape index (κ1) is 21.4. The standard InChI is InChI=1S/C24H18Cl2N2O2/c1-16-8-9-21(26)13-23(16)28-24(29)19(14-27)10-17-4-3-7-22(12-17)30-15-18-5-2-6-20(25)11-18/h2-13H,15H2,1H3,(H,28,29)/b19-10-. The fourth-order valence-corrected chi connectivity index (χ4v) is 3.11.